The number of hydrazone groups is 1. The average molecular weight is 324 g/mol. The first-order valence-electron chi connectivity index (χ1n) is 7.40. The molecule has 1 amide bonds. The van der Waals surface area contributed by atoms with Crippen LogP contribution in [-0.2, 0) is 6.42 Å². The molecule has 2 heterocycles. The summed E-state index contributed by atoms with van der Waals surface area (Å²) in [4.78, 5) is 24.2. The highest BCUT2D eigenvalue weighted by Gasteiger charge is 2.22. The highest BCUT2D eigenvalue weighted by molar-refractivity contribution is 6.06. The first kappa shape index (κ1) is 14.2. The zero-order chi connectivity index (χ0) is 16.5. The van der Waals surface area contributed by atoms with E-state index in [0.717, 1.165) is 18.5 Å². The monoisotopic (exact) mass is 324 g/mol. The first-order chi connectivity index (χ1) is 11.7. The summed E-state index contributed by atoms with van der Waals surface area (Å²) in [6, 6.07) is 6.76. The van der Waals surface area contributed by atoms with E-state index in [-0.39, 0.29) is 11.3 Å². The molecule has 9 heteroatoms. The molecule has 0 bridgehead atoms. The summed E-state index contributed by atoms with van der Waals surface area (Å²) in [5, 5.41) is 18.8. The van der Waals surface area contributed by atoms with Crippen LogP contribution in [-0.4, -0.2) is 32.1 Å². The molecule has 3 aromatic rings. The number of aromatic nitrogens is 4. The van der Waals surface area contributed by atoms with Gasteiger partial charge in [-0.3, -0.25) is 9.59 Å². The smallest absolute Gasteiger partial charge is 0.267 e. The standard InChI is InChI=1S/C15H12N6O3/c22-14-9-5-2-1-4-8(9)12(17-18-14)15(23)19-16-10-6-3-7-11-13(10)21-24-20-11/h1-2,4-5H,3,6-7H2,(H,18,22)(H,19,23)/b16-10-. The van der Waals surface area contributed by atoms with Crippen molar-refractivity contribution in [3.05, 3.63) is 51.7 Å². The van der Waals surface area contributed by atoms with E-state index in [1.807, 2.05) is 0 Å². The van der Waals surface area contributed by atoms with E-state index >= 15 is 0 Å². The summed E-state index contributed by atoms with van der Waals surface area (Å²) >= 11 is 0. The Bertz CT molecular complexity index is 1020. The van der Waals surface area contributed by atoms with E-state index in [9.17, 15) is 9.59 Å². The number of rotatable bonds is 2. The number of aryl methyl sites for hydroxylation is 1. The van der Waals surface area contributed by atoms with Gasteiger partial charge in [0, 0.05) is 5.39 Å². The van der Waals surface area contributed by atoms with Crippen LogP contribution < -0.4 is 11.0 Å². The maximum Gasteiger partial charge on any atom is 0.292 e. The SMILES string of the molecule is O=C(N/N=C1/CCCc2nonc21)c1n[nH]c(=O)c2ccccc12. The fraction of sp³-hybridized carbons (Fsp3) is 0.200. The number of carbonyl (C=O) groups is 1. The fourth-order valence-corrected chi connectivity index (χ4v) is 2.70. The molecule has 0 radical (unpaired) electrons. The normalized spacial score (nSPS) is 15.4. The Kier molecular flexibility index (Phi) is 3.38. The number of benzene rings is 1. The second-order valence-corrected chi connectivity index (χ2v) is 5.36. The molecule has 4 rings (SSSR count). The van der Waals surface area contributed by atoms with Crippen LogP contribution in [0.25, 0.3) is 10.8 Å². The topological polar surface area (TPSA) is 126 Å². The summed E-state index contributed by atoms with van der Waals surface area (Å²) in [6.45, 7) is 0. The van der Waals surface area contributed by atoms with Gasteiger partial charge < -0.3 is 0 Å². The molecule has 1 aliphatic rings. The van der Waals surface area contributed by atoms with E-state index in [1.54, 1.807) is 24.3 Å². The lowest BCUT2D eigenvalue weighted by Crippen LogP contribution is -2.25. The second kappa shape index (κ2) is 5.69. The fourth-order valence-electron chi connectivity index (χ4n) is 2.70. The van der Waals surface area contributed by atoms with E-state index in [2.05, 4.69) is 31.0 Å². The van der Waals surface area contributed by atoms with Gasteiger partial charge in [-0.05, 0) is 30.5 Å². The quantitative estimate of drug-likeness (QED) is 0.671. The highest BCUT2D eigenvalue weighted by atomic mass is 16.6. The Morgan fingerprint density at radius 1 is 1.21 bits per heavy atom. The molecule has 2 aromatic heterocycles. The van der Waals surface area contributed by atoms with Gasteiger partial charge >= 0.3 is 0 Å². The van der Waals surface area contributed by atoms with Crippen molar-refractivity contribution in [1.82, 2.24) is 25.9 Å². The van der Waals surface area contributed by atoms with Crippen molar-refractivity contribution in [2.75, 3.05) is 0 Å². The van der Waals surface area contributed by atoms with Crippen molar-refractivity contribution >= 4 is 22.4 Å². The Labute approximate surface area is 134 Å². The van der Waals surface area contributed by atoms with Gasteiger partial charge in [-0.2, -0.15) is 10.2 Å². The lowest BCUT2D eigenvalue weighted by atomic mass is 9.99. The van der Waals surface area contributed by atoms with Crippen molar-refractivity contribution < 1.29 is 9.42 Å². The molecular weight excluding hydrogens is 312 g/mol. The molecule has 0 saturated heterocycles. The second-order valence-electron chi connectivity index (χ2n) is 5.36. The number of amides is 1. The van der Waals surface area contributed by atoms with Gasteiger partial charge in [0.05, 0.1) is 11.1 Å². The largest absolute Gasteiger partial charge is 0.292 e. The molecule has 120 valence electrons. The van der Waals surface area contributed by atoms with E-state index in [0.29, 0.717) is 28.6 Å². The number of H-pyrrole nitrogens is 1. The van der Waals surface area contributed by atoms with Crippen molar-refractivity contribution in [2.24, 2.45) is 5.10 Å². The first-order valence-corrected chi connectivity index (χ1v) is 7.40. The van der Waals surface area contributed by atoms with Crippen LogP contribution in [0.2, 0.25) is 0 Å². The number of fused-ring (bicyclic) bond motifs is 2. The minimum Gasteiger partial charge on any atom is -0.267 e. The third-order valence-electron chi connectivity index (χ3n) is 3.86. The number of hydrogen-bond acceptors (Lipinski definition) is 7. The van der Waals surface area contributed by atoms with Crippen molar-refractivity contribution in [2.45, 2.75) is 19.3 Å². The molecule has 0 saturated carbocycles. The van der Waals surface area contributed by atoms with Crippen LogP contribution in [0.5, 0.6) is 0 Å². The van der Waals surface area contributed by atoms with E-state index < -0.39 is 5.91 Å². The Hall–Kier alpha value is -3.36. The van der Waals surface area contributed by atoms with Crippen LogP contribution in [0, 0.1) is 0 Å². The third-order valence-corrected chi connectivity index (χ3v) is 3.86. The third kappa shape index (κ3) is 2.35. The van der Waals surface area contributed by atoms with Crippen molar-refractivity contribution in [3.8, 4) is 0 Å². The minimum atomic E-state index is -0.515. The minimum absolute atomic E-state index is 0.101. The average Bonchev–Trinajstić information content (AvgIpc) is 3.09. The molecule has 2 N–H and O–H groups in total. The predicted molar refractivity (Wildman–Crippen MR) is 83.6 cm³/mol. The molecule has 0 spiro atoms. The lowest BCUT2D eigenvalue weighted by molar-refractivity contribution is 0.0950. The maximum absolute atomic E-state index is 12.4. The van der Waals surface area contributed by atoms with Crippen LogP contribution in [0.4, 0.5) is 0 Å². The summed E-state index contributed by atoms with van der Waals surface area (Å²) in [5.41, 5.74) is 4.14. The van der Waals surface area contributed by atoms with Crippen LogP contribution >= 0.6 is 0 Å². The van der Waals surface area contributed by atoms with Gasteiger partial charge in [-0.15, -0.1) is 0 Å². The Morgan fingerprint density at radius 2 is 2.04 bits per heavy atom. The number of aromatic amines is 1. The molecular formula is C15H12N6O3. The number of nitrogens with one attached hydrogen (secondary N) is 2. The zero-order valence-corrected chi connectivity index (χ0v) is 12.4. The summed E-state index contributed by atoms with van der Waals surface area (Å²) in [5.74, 6) is -0.515. The molecule has 0 atom stereocenters. The number of nitrogens with zero attached hydrogens (tertiary/aromatic N) is 4. The molecule has 9 nitrogen and oxygen atoms in total. The number of carbonyl (C=O) groups excluding carboxylic acids is 1. The van der Waals surface area contributed by atoms with Gasteiger partial charge in [0.15, 0.2) is 11.4 Å². The molecule has 0 unspecified atom stereocenters. The van der Waals surface area contributed by atoms with E-state index in [4.69, 9.17) is 4.63 Å². The summed E-state index contributed by atoms with van der Waals surface area (Å²) in [6.07, 6.45) is 2.30. The van der Waals surface area contributed by atoms with Crippen molar-refractivity contribution in [3.63, 3.8) is 0 Å². The maximum atomic E-state index is 12.4. The van der Waals surface area contributed by atoms with Crippen LogP contribution in [0.3, 0.4) is 0 Å². The van der Waals surface area contributed by atoms with Crippen LogP contribution in [0.1, 0.15) is 34.7 Å². The van der Waals surface area contributed by atoms with Gasteiger partial charge in [0.25, 0.3) is 11.5 Å². The highest BCUT2D eigenvalue weighted by Crippen LogP contribution is 2.18. The summed E-state index contributed by atoms with van der Waals surface area (Å²) in [7, 11) is 0. The van der Waals surface area contributed by atoms with Gasteiger partial charge in [0.2, 0.25) is 0 Å². The Balaban J connectivity index is 1.66. The molecule has 1 aromatic carbocycles. The molecule has 1 aliphatic carbocycles. The van der Waals surface area contributed by atoms with Gasteiger partial charge in [0.1, 0.15) is 5.69 Å². The molecule has 24 heavy (non-hydrogen) atoms. The van der Waals surface area contributed by atoms with Gasteiger partial charge in [-0.1, -0.05) is 23.4 Å². The van der Waals surface area contributed by atoms with Crippen LogP contribution in [0.15, 0.2) is 38.8 Å². The van der Waals surface area contributed by atoms with Gasteiger partial charge in [-0.25, -0.2) is 15.2 Å². The van der Waals surface area contributed by atoms with E-state index in [1.165, 1.54) is 0 Å². The molecule has 0 aliphatic heterocycles. The Morgan fingerprint density at radius 3 is 2.92 bits per heavy atom. The zero-order valence-electron chi connectivity index (χ0n) is 12.4. The lowest BCUT2D eigenvalue weighted by Gasteiger charge is -2.10. The van der Waals surface area contributed by atoms with Crippen molar-refractivity contribution in [1.29, 1.82) is 0 Å². The predicted octanol–water partition coefficient (Wildman–Crippen LogP) is 0.776. The molecule has 0 fully saturated rings. The number of hydrogen-bond donors (Lipinski definition) is 2. The summed E-state index contributed by atoms with van der Waals surface area (Å²) < 4.78 is 4.71.